The van der Waals surface area contributed by atoms with Gasteiger partial charge in [0.2, 0.25) is 0 Å². The van der Waals surface area contributed by atoms with Crippen molar-refractivity contribution in [2.75, 3.05) is 0 Å². The molecular weight excluding hydrogens is 115 g/mol. The predicted octanol–water partition coefficient (Wildman–Crippen LogP) is -3.18. The van der Waals surface area contributed by atoms with E-state index in [-0.39, 0.29) is 67.3 Å². The molecule has 0 fully saturated rings. The van der Waals surface area contributed by atoms with E-state index in [1.54, 1.807) is 0 Å². The topological polar surface area (TPSA) is 47.6 Å². The van der Waals surface area contributed by atoms with Gasteiger partial charge in [-0.1, -0.05) is 0 Å². The van der Waals surface area contributed by atoms with Crippen molar-refractivity contribution in [1.82, 2.24) is 0 Å². The Labute approximate surface area is 89.4 Å². The summed E-state index contributed by atoms with van der Waals surface area (Å²) in [5, 5.41) is 12.5. The molecule has 0 bridgehead atoms. The molecule has 20 valence electrons. The summed E-state index contributed by atoms with van der Waals surface area (Å²) in [5.74, 6) is 0. The predicted molar refractivity (Wildman–Crippen MR) is 15.7 cm³/mol. The first kappa shape index (κ1) is 26.9. The Kier molecular flexibility index (Phi) is 499. The fourth-order valence-electron chi connectivity index (χ4n) is 0. The molecule has 0 heterocycles. The second kappa shape index (κ2) is 111. The van der Waals surface area contributed by atoms with Crippen LogP contribution in [-0.2, 0) is 0 Å². The Bertz CT molecular complexity index is 27.0. The summed E-state index contributed by atoms with van der Waals surface area (Å²) in [4.78, 5) is 0. The molecule has 0 unspecified atom stereocenters. The van der Waals surface area contributed by atoms with E-state index in [4.69, 9.17) is 23.7 Å². The minimum atomic E-state index is 0. The van der Waals surface area contributed by atoms with Gasteiger partial charge in [0.15, 0.2) is 0 Å². The van der Waals surface area contributed by atoms with Crippen LogP contribution in [0.3, 0.4) is 0 Å². The normalized spacial score (nSPS) is 0.667. The van der Waals surface area contributed by atoms with Crippen LogP contribution in [0.1, 0.15) is 0 Å². The van der Waals surface area contributed by atoms with Crippen LogP contribution in [-0.4, -0.2) is 37.7 Å². The van der Waals surface area contributed by atoms with Gasteiger partial charge in [-0.25, -0.2) is 0 Å². The first-order valence-electron chi connectivity index (χ1n) is 0.447. The van der Waals surface area contributed by atoms with Crippen LogP contribution in [0.15, 0.2) is 0 Å². The fraction of sp³-hybridized carbons (Fsp3) is 0. The molecule has 0 radical (unpaired) electrons. The monoisotopic (exact) mass is 115 g/mol. The van der Waals surface area contributed by atoms with Crippen molar-refractivity contribution in [3.63, 3.8) is 0 Å². The van der Waals surface area contributed by atoms with E-state index in [0.29, 0.717) is 0 Å². The first-order chi connectivity index (χ1) is 2.00. The van der Waals surface area contributed by atoms with E-state index in [1.807, 2.05) is 0 Å². The Morgan fingerprint density at radius 2 is 0.833 bits per heavy atom. The van der Waals surface area contributed by atoms with Gasteiger partial charge in [-0.3, -0.25) is 0 Å². The van der Waals surface area contributed by atoms with Crippen LogP contribution in [0, 0.1) is 23.7 Å². The van der Waals surface area contributed by atoms with Gasteiger partial charge in [-0.2, -0.15) is 0 Å². The van der Waals surface area contributed by atoms with Gasteiger partial charge in [0.25, 0.3) is 0 Å². The molecule has 0 N–H and O–H groups in total. The molecule has 0 aromatic carbocycles. The van der Waals surface area contributed by atoms with Gasteiger partial charge in [-0.15, -0.1) is 0 Å². The van der Waals surface area contributed by atoms with Crippen LogP contribution >= 0.6 is 0 Å². The molecule has 4 heteroatoms. The SMILES string of the molecule is [C-]#N.[C-]#N.[Ca+2].[Na+]. The third-order valence-electron chi connectivity index (χ3n) is 0. The van der Waals surface area contributed by atoms with Crippen molar-refractivity contribution in [3.05, 3.63) is 13.1 Å². The summed E-state index contributed by atoms with van der Waals surface area (Å²) in [6.07, 6.45) is 0. The minimum Gasteiger partial charge on any atom is -0.512 e. The van der Waals surface area contributed by atoms with E-state index >= 15 is 0 Å². The summed E-state index contributed by atoms with van der Waals surface area (Å²) < 4.78 is 0. The molecule has 0 aromatic rings. The fourth-order valence-corrected chi connectivity index (χ4v) is 0. The number of rotatable bonds is 0. The quantitative estimate of drug-likeness (QED) is 0.247. The zero-order valence-electron chi connectivity index (χ0n) is 3.60. The zero-order chi connectivity index (χ0) is 4.00. The van der Waals surface area contributed by atoms with Crippen molar-refractivity contribution in [3.8, 4) is 0 Å². The van der Waals surface area contributed by atoms with E-state index in [2.05, 4.69) is 0 Å². The van der Waals surface area contributed by atoms with E-state index < -0.39 is 0 Å². The van der Waals surface area contributed by atoms with Crippen molar-refractivity contribution in [2.24, 2.45) is 0 Å². The minimum absolute atomic E-state index is 0. The molecule has 0 saturated carbocycles. The Balaban J connectivity index is -0.00000000500. The van der Waals surface area contributed by atoms with Crippen LogP contribution < -0.4 is 29.6 Å². The molecule has 0 saturated heterocycles. The van der Waals surface area contributed by atoms with Crippen molar-refractivity contribution < 1.29 is 29.6 Å². The maximum atomic E-state index is 6.25. The largest absolute Gasteiger partial charge is 2.00 e. The average molecular weight is 115 g/mol. The van der Waals surface area contributed by atoms with E-state index in [0.717, 1.165) is 0 Å². The van der Waals surface area contributed by atoms with Gasteiger partial charge in [0.1, 0.15) is 0 Å². The maximum Gasteiger partial charge on any atom is 2.00 e. The standard InChI is InChI=1S/2CN.Ca.Na/c2*1-2;;/q2*-1;+2;+1. The molecule has 0 aliphatic heterocycles. The van der Waals surface area contributed by atoms with Gasteiger partial charge in [0, 0.05) is 0 Å². The first-order valence-corrected chi connectivity index (χ1v) is 0.447. The Morgan fingerprint density at radius 3 is 0.833 bits per heavy atom. The molecule has 0 spiro atoms. The van der Waals surface area contributed by atoms with Crippen LogP contribution in [0.25, 0.3) is 0 Å². The molecule has 2 nitrogen and oxygen atoms in total. The molecule has 0 aliphatic rings. The van der Waals surface area contributed by atoms with Crippen LogP contribution in [0.2, 0.25) is 0 Å². The summed E-state index contributed by atoms with van der Waals surface area (Å²) in [6.45, 7) is 9.50. The van der Waals surface area contributed by atoms with Crippen LogP contribution in [0.5, 0.6) is 0 Å². The molecule has 0 atom stereocenters. The molecule has 6 heavy (non-hydrogen) atoms. The Morgan fingerprint density at radius 1 is 0.833 bits per heavy atom. The number of hydrogen-bond donors (Lipinski definition) is 0. The smallest absolute Gasteiger partial charge is 0.512 e. The molecule has 0 aromatic heterocycles. The van der Waals surface area contributed by atoms with Gasteiger partial charge in [0.05, 0.1) is 0 Å². The zero-order valence-corrected chi connectivity index (χ0v) is 7.81. The second-order valence-electron chi connectivity index (χ2n) is 0. The summed E-state index contributed by atoms with van der Waals surface area (Å²) >= 11 is 0. The number of hydrogen-bond acceptors (Lipinski definition) is 2. The van der Waals surface area contributed by atoms with Crippen LogP contribution in [0.4, 0.5) is 0 Å². The summed E-state index contributed by atoms with van der Waals surface area (Å²) in [7, 11) is 0. The molecular formula is C2CaN2Na+. The maximum absolute atomic E-state index is 6.25. The van der Waals surface area contributed by atoms with Crippen molar-refractivity contribution in [1.29, 1.82) is 10.5 Å². The third-order valence-corrected chi connectivity index (χ3v) is 0. The van der Waals surface area contributed by atoms with Crippen molar-refractivity contribution >= 4 is 37.7 Å². The van der Waals surface area contributed by atoms with Gasteiger partial charge >= 0.3 is 67.3 Å². The summed E-state index contributed by atoms with van der Waals surface area (Å²) in [6, 6.07) is 0. The third kappa shape index (κ3) is 61.3. The molecule has 0 rings (SSSR count). The van der Waals surface area contributed by atoms with E-state index in [1.165, 1.54) is 0 Å². The average Bonchev–Trinajstić information content (AvgIpc) is 1.50. The van der Waals surface area contributed by atoms with E-state index in [9.17, 15) is 0 Å². The van der Waals surface area contributed by atoms with Crippen molar-refractivity contribution in [2.45, 2.75) is 0 Å². The Hall–Kier alpha value is 1.24. The molecule has 0 aliphatic carbocycles. The van der Waals surface area contributed by atoms with Gasteiger partial charge < -0.3 is 23.7 Å². The number of nitrogens with zero attached hydrogens (tertiary/aromatic N) is 2. The summed E-state index contributed by atoms with van der Waals surface area (Å²) in [5.41, 5.74) is 0. The second-order valence-corrected chi connectivity index (χ2v) is 0. The molecule has 0 amide bonds. The van der Waals surface area contributed by atoms with Gasteiger partial charge in [-0.05, 0) is 0 Å².